The van der Waals surface area contributed by atoms with Gasteiger partial charge in [-0.1, -0.05) is 24.3 Å². The van der Waals surface area contributed by atoms with Crippen molar-refractivity contribution in [2.24, 2.45) is 0 Å². The molecule has 0 aliphatic carbocycles. The van der Waals surface area contributed by atoms with Crippen LogP contribution in [0.25, 0.3) is 0 Å². The fourth-order valence-corrected chi connectivity index (χ4v) is 3.11. The summed E-state index contributed by atoms with van der Waals surface area (Å²) in [5, 5.41) is 2.97. The highest BCUT2D eigenvalue weighted by Crippen LogP contribution is 2.23. The first kappa shape index (κ1) is 18.4. The Morgan fingerprint density at radius 2 is 2.00 bits per heavy atom. The van der Waals surface area contributed by atoms with Crippen LogP contribution in [0.4, 0.5) is 4.39 Å². The molecule has 1 fully saturated rings. The fourth-order valence-electron chi connectivity index (χ4n) is 3.11. The number of carbonyl (C=O) groups is 1. The molecule has 1 N–H and O–H groups in total. The van der Waals surface area contributed by atoms with Gasteiger partial charge >= 0.3 is 0 Å². The van der Waals surface area contributed by atoms with Gasteiger partial charge in [0, 0.05) is 19.6 Å². The minimum Gasteiger partial charge on any atom is -0.497 e. The molecule has 1 amide bonds. The van der Waals surface area contributed by atoms with Gasteiger partial charge in [-0.15, -0.1) is 0 Å². The Kier molecular flexibility index (Phi) is 6.20. The standard InChI is InChI=1S/C20H23FN2O3/c1-25-18-7-2-4-15(12-18)14-22-20(24)19(23-8-10-26-11-9-23)16-5-3-6-17(21)13-16/h2-7,12-13,19H,8-11,14H2,1H3,(H,22,24)/t19-/m0/s1. The number of ether oxygens (including phenoxy) is 2. The van der Waals surface area contributed by atoms with Gasteiger partial charge in [0.2, 0.25) is 5.91 Å². The quantitative estimate of drug-likeness (QED) is 0.862. The van der Waals surface area contributed by atoms with E-state index in [0.29, 0.717) is 38.4 Å². The van der Waals surface area contributed by atoms with Crippen LogP contribution in [0, 0.1) is 5.82 Å². The second-order valence-electron chi connectivity index (χ2n) is 6.18. The largest absolute Gasteiger partial charge is 0.497 e. The summed E-state index contributed by atoms with van der Waals surface area (Å²) >= 11 is 0. The molecule has 5 nitrogen and oxygen atoms in total. The maximum atomic E-state index is 13.7. The van der Waals surface area contributed by atoms with E-state index in [1.54, 1.807) is 19.2 Å². The second-order valence-corrected chi connectivity index (χ2v) is 6.18. The highest BCUT2D eigenvalue weighted by molar-refractivity contribution is 5.83. The number of methoxy groups -OCH3 is 1. The number of hydrogen-bond acceptors (Lipinski definition) is 4. The first-order valence-electron chi connectivity index (χ1n) is 8.65. The summed E-state index contributed by atoms with van der Waals surface area (Å²) in [6.45, 7) is 2.78. The first-order valence-corrected chi connectivity index (χ1v) is 8.65. The topological polar surface area (TPSA) is 50.8 Å². The third-order valence-corrected chi connectivity index (χ3v) is 4.42. The van der Waals surface area contributed by atoms with Gasteiger partial charge in [-0.3, -0.25) is 9.69 Å². The Labute approximate surface area is 152 Å². The zero-order chi connectivity index (χ0) is 18.4. The molecule has 2 aromatic rings. The van der Waals surface area contributed by atoms with Gasteiger partial charge in [0.1, 0.15) is 17.6 Å². The number of benzene rings is 2. The number of nitrogens with zero attached hydrogens (tertiary/aromatic N) is 1. The molecule has 3 rings (SSSR count). The number of morpholine rings is 1. The van der Waals surface area contributed by atoms with Crippen LogP contribution in [0.5, 0.6) is 5.75 Å². The Bertz CT molecular complexity index is 747. The molecule has 1 saturated heterocycles. The molecule has 0 bridgehead atoms. The van der Waals surface area contributed by atoms with E-state index in [9.17, 15) is 9.18 Å². The van der Waals surface area contributed by atoms with E-state index >= 15 is 0 Å². The van der Waals surface area contributed by atoms with Crippen LogP contribution in [0.2, 0.25) is 0 Å². The van der Waals surface area contributed by atoms with Gasteiger partial charge < -0.3 is 14.8 Å². The number of carbonyl (C=O) groups excluding carboxylic acids is 1. The zero-order valence-electron chi connectivity index (χ0n) is 14.8. The summed E-state index contributed by atoms with van der Waals surface area (Å²) in [6.07, 6.45) is 0. The SMILES string of the molecule is COc1cccc(CNC(=O)[C@H](c2cccc(F)c2)N2CCOCC2)c1. The van der Waals surface area contributed by atoms with Gasteiger partial charge in [0.15, 0.2) is 0 Å². The van der Waals surface area contributed by atoms with Crippen molar-refractivity contribution in [3.05, 3.63) is 65.5 Å². The van der Waals surface area contributed by atoms with E-state index in [4.69, 9.17) is 9.47 Å². The van der Waals surface area contributed by atoms with Crippen molar-refractivity contribution in [3.63, 3.8) is 0 Å². The molecule has 2 aromatic carbocycles. The lowest BCUT2D eigenvalue weighted by Crippen LogP contribution is -2.45. The van der Waals surface area contributed by atoms with Crippen LogP contribution in [0.15, 0.2) is 48.5 Å². The van der Waals surface area contributed by atoms with Crippen LogP contribution in [-0.4, -0.2) is 44.2 Å². The maximum Gasteiger partial charge on any atom is 0.242 e. The van der Waals surface area contributed by atoms with Crippen LogP contribution in [0.1, 0.15) is 17.2 Å². The van der Waals surface area contributed by atoms with Crippen molar-refractivity contribution < 1.29 is 18.7 Å². The molecule has 1 heterocycles. The van der Waals surface area contributed by atoms with Gasteiger partial charge in [0.25, 0.3) is 0 Å². The van der Waals surface area contributed by atoms with Gasteiger partial charge in [0.05, 0.1) is 20.3 Å². The molecule has 1 atom stereocenters. The lowest BCUT2D eigenvalue weighted by atomic mass is 10.0. The molecule has 26 heavy (non-hydrogen) atoms. The lowest BCUT2D eigenvalue weighted by molar-refractivity contribution is -0.128. The van der Waals surface area contributed by atoms with Crippen molar-refractivity contribution in [1.82, 2.24) is 10.2 Å². The highest BCUT2D eigenvalue weighted by Gasteiger charge is 2.29. The summed E-state index contributed by atoms with van der Waals surface area (Å²) in [5.74, 6) is 0.244. The summed E-state index contributed by atoms with van der Waals surface area (Å²) in [6, 6.07) is 13.2. The summed E-state index contributed by atoms with van der Waals surface area (Å²) in [4.78, 5) is 15.0. The molecule has 0 radical (unpaired) electrons. The molecule has 6 heteroatoms. The molecular weight excluding hydrogens is 335 g/mol. The van der Waals surface area contributed by atoms with Gasteiger partial charge in [-0.25, -0.2) is 4.39 Å². The van der Waals surface area contributed by atoms with Crippen LogP contribution in [-0.2, 0) is 16.1 Å². The average molecular weight is 358 g/mol. The number of hydrogen-bond donors (Lipinski definition) is 1. The van der Waals surface area contributed by atoms with E-state index in [0.717, 1.165) is 11.3 Å². The highest BCUT2D eigenvalue weighted by atomic mass is 19.1. The third-order valence-electron chi connectivity index (χ3n) is 4.42. The van der Waals surface area contributed by atoms with Crippen LogP contribution in [0.3, 0.4) is 0 Å². The first-order chi connectivity index (χ1) is 12.7. The van der Waals surface area contributed by atoms with Crippen molar-refractivity contribution in [3.8, 4) is 5.75 Å². The maximum absolute atomic E-state index is 13.7. The Balaban J connectivity index is 1.75. The molecule has 0 aromatic heterocycles. The molecular formula is C20H23FN2O3. The van der Waals surface area contributed by atoms with E-state index < -0.39 is 6.04 Å². The molecule has 138 valence electrons. The predicted molar refractivity (Wildman–Crippen MR) is 96.4 cm³/mol. The molecule has 0 saturated carbocycles. The Morgan fingerprint density at radius 3 is 2.73 bits per heavy atom. The Hall–Kier alpha value is -2.44. The molecule has 1 aliphatic rings. The van der Waals surface area contributed by atoms with Crippen molar-refractivity contribution in [1.29, 1.82) is 0 Å². The average Bonchev–Trinajstić information content (AvgIpc) is 2.68. The summed E-state index contributed by atoms with van der Waals surface area (Å²) < 4.78 is 24.3. The third kappa shape index (κ3) is 4.59. The Morgan fingerprint density at radius 1 is 1.23 bits per heavy atom. The van der Waals surface area contributed by atoms with E-state index in [-0.39, 0.29) is 11.7 Å². The summed E-state index contributed by atoms with van der Waals surface area (Å²) in [7, 11) is 1.61. The fraction of sp³-hybridized carbons (Fsp3) is 0.350. The zero-order valence-corrected chi connectivity index (χ0v) is 14.8. The van der Waals surface area contributed by atoms with Crippen molar-refractivity contribution in [2.75, 3.05) is 33.4 Å². The lowest BCUT2D eigenvalue weighted by Gasteiger charge is -2.33. The molecule has 0 spiro atoms. The number of amides is 1. The normalized spacial score (nSPS) is 16.1. The van der Waals surface area contributed by atoms with Gasteiger partial charge in [-0.2, -0.15) is 0 Å². The molecule has 0 unspecified atom stereocenters. The van der Waals surface area contributed by atoms with Crippen LogP contribution >= 0.6 is 0 Å². The van der Waals surface area contributed by atoms with Crippen molar-refractivity contribution in [2.45, 2.75) is 12.6 Å². The molecule has 1 aliphatic heterocycles. The monoisotopic (exact) mass is 358 g/mol. The second kappa shape index (κ2) is 8.78. The van der Waals surface area contributed by atoms with E-state index in [2.05, 4.69) is 5.32 Å². The summed E-state index contributed by atoms with van der Waals surface area (Å²) in [5.41, 5.74) is 1.59. The smallest absolute Gasteiger partial charge is 0.242 e. The number of halogens is 1. The predicted octanol–water partition coefficient (Wildman–Crippen LogP) is 2.52. The minimum absolute atomic E-state index is 0.152. The van der Waals surface area contributed by atoms with Crippen molar-refractivity contribution >= 4 is 5.91 Å². The van der Waals surface area contributed by atoms with Crippen LogP contribution < -0.4 is 10.1 Å². The number of rotatable bonds is 6. The van der Waals surface area contributed by atoms with E-state index in [1.807, 2.05) is 29.2 Å². The van der Waals surface area contributed by atoms with E-state index in [1.165, 1.54) is 12.1 Å². The minimum atomic E-state index is -0.541. The van der Waals surface area contributed by atoms with Gasteiger partial charge in [-0.05, 0) is 35.4 Å². The number of nitrogens with one attached hydrogen (secondary N) is 1.